The number of nitrogens with one attached hydrogen (secondary N) is 1. The Morgan fingerprint density at radius 2 is 1.90 bits per heavy atom. The third kappa shape index (κ3) is 6.81. The highest BCUT2D eigenvalue weighted by molar-refractivity contribution is 5.28. The van der Waals surface area contributed by atoms with Gasteiger partial charge >= 0.3 is 0 Å². The van der Waals surface area contributed by atoms with Crippen molar-refractivity contribution >= 4 is 0 Å². The Morgan fingerprint density at radius 1 is 1.07 bits per heavy atom. The first-order valence-electron chi connectivity index (χ1n) is 10.1. The van der Waals surface area contributed by atoms with Gasteiger partial charge in [0, 0.05) is 25.6 Å². The monoisotopic (exact) mass is 399 g/mol. The van der Waals surface area contributed by atoms with Crippen molar-refractivity contribution in [3.05, 3.63) is 65.2 Å². The van der Waals surface area contributed by atoms with Crippen molar-refractivity contribution in [1.82, 2.24) is 10.2 Å². The fraction of sp³-hybridized carbons (Fsp3) is 0.435. The second kappa shape index (κ2) is 10.9. The average molecular weight is 399 g/mol. The largest absolute Gasteiger partial charge is 0.494 e. The minimum Gasteiger partial charge on any atom is -0.494 e. The summed E-state index contributed by atoms with van der Waals surface area (Å²) >= 11 is 0. The van der Waals surface area contributed by atoms with Crippen molar-refractivity contribution in [1.29, 1.82) is 5.26 Å². The molecule has 2 aromatic rings. The lowest BCUT2D eigenvalue weighted by atomic mass is 10.0. The van der Waals surface area contributed by atoms with E-state index in [1.54, 1.807) is 6.07 Å². The Kier molecular flexibility index (Phi) is 7.97. The van der Waals surface area contributed by atoms with Gasteiger partial charge in [0.1, 0.15) is 5.75 Å². The van der Waals surface area contributed by atoms with Gasteiger partial charge in [-0.25, -0.2) is 8.78 Å². The van der Waals surface area contributed by atoms with Crippen LogP contribution in [0.25, 0.3) is 0 Å². The Bertz CT molecular complexity index is 829. The topological polar surface area (TPSA) is 48.3 Å². The molecule has 6 heteroatoms. The maximum atomic E-state index is 13.4. The van der Waals surface area contributed by atoms with Gasteiger partial charge in [0.2, 0.25) is 0 Å². The van der Waals surface area contributed by atoms with Gasteiger partial charge < -0.3 is 10.1 Å². The van der Waals surface area contributed by atoms with E-state index in [9.17, 15) is 8.78 Å². The summed E-state index contributed by atoms with van der Waals surface area (Å²) in [6, 6.07) is 14.7. The van der Waals surface area contributed by atoms with Gasteiger partial charge in [-0.2, -0.15) is 5.26 Å². The minimum absolute atomic E-state index is 0.441. The summed E-state index contributed by atoms with van der Waals surface area (Å²) in [6.45, 7) is 3.84. The zero-order chi connectivity index (χ0) is 20.5. The van der Waals surface area contributed by atoms with Crippen LogP contribution in [0.1, 0.15) is 36.8 Å². The third-order valence-electron chi connectivity index (χ3n) is 5.17. The second-order valence-corrected chi connectivity index (χ2v) is 7.44. The molecule has 4 nitrogen and oxygen atoms in total. The first-order chi connectivity index (χ1) is 14.1. The summed E-state index contributed by atoms with van der Waals surface area (Å²) in [4.78, 5) is 2.28. The first kappa shape index (κ1) is 21.2. The van der Waals surface area contributed by atoms with E-state index in [1.807, 2.05) is 18.2 Å². The second-order valence-electron chi connectivity index (χ2n) is 7.44. The van der Waals surface area contributed by atoms with E-state index in [1.165, 1.54) is 17.7 Å². The number of rotatable bonds is 9. The van der Waals surface area contributed by atoms with Crippen molar-refractivity contribution in [2.75, 3.05) is 19.7 Å². The standard InChI is InChI=1S/C23H27F2N3O/c24-22-7-6-19(15-23(22)25)17-28-11-8-20(9-12-28)27-16-18-4-3-5-21(14-18)29-13-2-1-10-26/h3-7,14-15,20,27H,1-2,8-9,11-13,16-17H2. The van der Waals surface area contributed by atoms with Gasteiger partial charge in [-0.1, -0.05) is 18.2 Å². The van der Waals surface area contributed by atoms with E-state index >= 15 is 0 Å². The van der Waals surface area contributed by atoms with Crippen molar-refractivity contribution in [3.63, 3.8) is 0 Å². The maximum absolute atomic E-state index is 13.4. The zero-order valence-corrected chi connectivity index (χ0v) is 16.5. The van der Waals surface area contributed by atoms with E-state index in [0.717, 1.165) is 50.2 Å². The lowest BCUT2D eigenvalue weighted by molar-refractivity contribution is 0.190. The smallest absolute Gasteiger partial charge is 0.159 e. The number of ether oxygens (including phenoxy) is 1. The van der Waals surface area contributed by atoms with E-state index in [2.05, 4.69) is 22.4 Å². The highest BCUT2D eigenvalue weighted by Gasteiger charge is 2.19. The summed E-state index contributed by atoms with van der Waals surface area (Å²) in [5, 5.41) is 12.2. The average Bonchev–Trinajstić information content (AvgIpc) is 2.74. The molecule has 3 rings (SSSR count). The van der Waals surface area contributed by atoms with E-state index < -0.39 is 11.6 Å². The SMILES string of the molecule is N#CCCCOc1cccc(CNC2CCN(Cc3ccc(F)c(F)c3)CC2)c1. The summed E-state index contributed by atoms with van der Waals surface area (Å²) in [6.07, 6.45) is 3.29. The van der Waals surface area contributed by atoms with Gasteiger partial charge in [0.25, 0.3) is 0 Å². The highest BCUT2D eigenvalue weighted by atomic mass is 19.2. The third-order valence-corrected chi connectivity index (χ3v) is 5.17. The van der Waals surface area contributed by atoms with Crippen LogP contribution in [0.2, 0.25) is 0 Å². The molecule has 0 bridgehead atoms. The quantitative estimate of drug-likeness (QED) is 0.635. The summed E-state index contributed by atoms with van der Waals surface area (Å²) < 4.78 is 32.1. The molecular weight excluding hydrogens is 372 g/mol. The fourth-order valence-electron chi connectivity index (χ4n) is 3.54. The van der Waals surface area contributed by atoms with Gasteiger partial charge in [-0.3, -0.25) is 4.90 Å². The molecule has 0 aromatic heterocycles. The molecule has 1 fully saturated rings. The fourth-order valence-corrected chi connectivity index (χ4v) is 3.54. The predicted octanol–water partition coefficient (Wildman–Crippen LogP) is 4.40. The van der Waals surface area contributed by atoms with Crippen LogP contribution in [0.3, 0.4) is 0 Å². The summed E-state index contributed by atoms with van der Waals surface area (Å²) in [5.74, 6) is -0.743. The van der Waals surface area contributed by atoms with Crippen molar-refractivity contribution < 1.29 is 13.5 Å². The van der Waals surface area contributed by atoms with Gasteiger partial charge in [-0.15, -0.1) is 0 Å². The molecule has 0 radical (unpaired) electrons. The number of nitriles is 1. The number of hydrogen-bond acceptors (Lipinski definition) is 4. The van der Waals surface area contributed by atoms with Gasteiger partial charge in [0.05, 0.1) is 12.7 Å². The normalized spacial score (nSPS) is 15.2. The molecule has 1 heterocycles. The van der Waals surface area contributed by atoms with Crippen molar-refractivity contribution in [2.45, 2.75) is 44.8 Å². The molecule has 29 heavy (non-hydrogen) atoms. The lowest BCUT2D eigenvalue weighted by Crippen LogP contribution is -2.41. The summed E-state index contributed by atoms with van der Waals surface area (Å²) in [7, 11) is 0. The number of piperidine rings is 1. The number of likely N-dealkylation sites (tertiary alicyclic amines) is 1. The van der Waals surface area contributed by atoms with E-state index in [0.29, 0.717) is 25.6 Å². The number of benzene rings is 2. The van der Waals surface area contributed by atoms with E-state index in [4.69, 9.17) is 10.00 Å². The van der Waals surface area contributed by atoms with Gasteiger partial charge in [0.15, 0.2) is 11.6 Å². The molecule has 1 saturated heterocycles. The van der Waals surface area contributed by atoms with Crippen LogP contribution in [-0.2, 0) is 13.1 Å². The van der Waals surface area contributed by atoms with E-state index in [-0.39, 0.29) is 0 Å². The molecule has 0 saturated carbocycles. The molecule has 0 spiro atoms. The number of nitrogens with zero attached hydrogens (tertiary/aromatic N) is 2. The Morgan fingerprint density at radius 3 is 2.66 bits per heavy atom. The lowest BCUT2D eigenvalue weighted by Gasteiger charge is -2.32. The zero-order valence-electron chi connectivity index (χ0n) is 16.5. The predicted molar refractivity (Wildman–Crippen MR) is 108 cm³/mol. The van der Waals surface area contributed by atoms with Crippen LogP contribution in [0.4, 0.5) is 8.78 Å². The van der Waals surface area contributed by atoms with Crippen molar-refractivity contribution in [2.24, 2.45) is 0 Å². The van der Waals surface area contributed by atoms with Crippen LogP contribution in [0, 0.1) is 23.0 Å². The molecule has 154 valence electrons. The molecule has 1 aliphatic heterocycles. The molecule has 0 atom stereocenters. The molecule has 1 N–H and O–H groups in total. The summed E-state index contributed by atoms with van der Waals surface area (Å²) in [5.41, 5.74) is 1.98. The minimum atomic E-state index is -0.798. The molecular formula is C23H27F2N3O. The Balaban J connectivity index is 1.39. The first-order valence-corrected chi connectivity index (χ1v) is 10.1. The number of hydrogen-bond donors (Lipinski definition) is 1. The molecule has 0 amide bonds. The van der Waals surface area contributed by atoms with Crippen LogP contribution in [-0.4, -0.2) is 30.6 Å². The molecule has 1 aliphatic rings. The van der Waals surface area contributed by atoms with Crippen molar-refractivity contribution in [3.8, 4) is 11.8 Å². The maximum Gasteiger partial charge on any atom is 0.159 e. The van der Waals surface area contributed by atoms with Crippen LogP contribution < -0.4 is 10.1 Å². The molecule has 0 aliphatic carbocycles. The van der Waals surface area contributed by atoms with Crippen LogP contribution in [0.15, 0.2) is 42.5 Å². The van der Waals surface area contributed by atoms with Crippen LogP contribution in [0.5, 0.6) is 5.75 Å². The van der Waals surface area contributed by atoms with Crippen LogP contribution >= 0.6 is 0 Å². The Hall–Kier alpha value is -2.49. The highest BCUT2D eigenvalue weighted by Crippen LogP contribution is 2.18. The Labute approximate surface area is 171 Å². The van der Waals surface area contributed by atoms with Gasteiger partial charge in [-0.05, 0) is 67.7 Å². The molecule has 2 aromatic carbocycles. The number of halogens is 2. The molecule has 0 unspecified atom stereocenters. The number of unbranched alkanes of at least 4 members (excludes halogenated alkanes) is 1.